The summed E-state index contributed by atoms with van der Waals surface area (Å²) in [6, 6.07) is 11.0. The van der Waals surface area contributed by atoms with E-state index in [0.717, 1.165) is 11.3 Å². The molecule has 1 amide bonds. The highest BCUT2D eigenvalue weighted by Crippen LogP contribution is 2.25. The maximum Gasteiger partial charge on any atom is 0.258 e. The number of carbonyl (C=O) groups excluding carboxylic acids is 1. The van der Waals surface area contributed by atoms with Gasteiger partial charge in [0.2, 0.25) is 0 Å². The molecule has 104 valence electrons. The Morgan fingerprint density at radius 1 is 0.950 bits per heavy atom. The molecular weight excluding hydrogens is 248 g/mol. The number of nitrogens with zero attached hydrogens (tertiary/aromatic N) is 1. The molecule has 3 nitrogen and oxygen atoms in total. The third-order valence-electron chi connectivity index (χ3n) is 3.85. The first-order valence-corrected chi connectivity index (χ1v) is 6.62. The summed E-state index contributed by atoms with van der Waals surface area (Å²) in [7, 11) is 1.80. The van der Waals surface area contributed by atoms with Crippen molar-refractivity contribution in [2.24, 2.45) is 0 Å². The summed E-state index contributed by atoms with van der Waals surface area (Å²) in [5.74, 6) is -0.0312. The molecule has 0 aliphatic rings. The van der Waals surface area contributed by atoms with Crippen LogP contribution in [0.1, 0.15) is 27.0 Å². The van der Waals surface area contributed by atoms with E-state index in [-0.39, 0.29) is 5.91 Å². The number of amides is 1. The molecule has 0 aromatic heterocycles. The Kier molecular flexibility index (Phi) is 3.79. The molecule has 2 aromatic rings. The topological polar surface area (TPSA) is 46.3 Å². The minimum Gasteiger partial charge on any atom is -0.399 e. The molecule has 0 fully saturated rings. The lowest BCUT2D eigenvalue weighted by Gasteiger charge is -2.21. The van der Waals surface area contributed by atoms with Gasteiger partial charge in [-0.05, 0) is 67.8 Å². The molecule has 0 bridgehead atoms. The van der Waals surface area contributed by atoms with E-state index in [9.17, 15) is 4.79 Å². The lowest BCUT2D eigenvalue weighted by Crippen LogP contribution is -2.27. The number of nitrogen functional groups attached to an aromatic ring is 1. The summed E-state index contributed by atoms with van der Waals surface area (Å²) in [5.41, 5.74) is 11.5. The van der Waals surface area contributed by atoms with E-state index >= 15 is 0 Å². The van der Waals surface area contributed by atoms with Gasteiger partial charge in [0, 0.05) is 24.0 Å². The second kappa shape index (κ2) is 5.37. The molecule has 0 unspecified atom stereocenters. The van der Waals surface area contributed by atoms with Gasteiger partial charge >= 0.3 is 0 Å². The fourth-order valence-corrected chi connectivity index (χ4v) is 2.23. The monoisotopic (exact) mass is 268 g/mol. The van der Waals surface area contributed by atoms with Gasteiger partial charge in [0.15, 0.2) is 0 Å². The second-order valence-electron chi connectivity index (χ2n) is 5.14. The fraction of sp³-hybridized carbons (Fsp3) is 0.235. The average molecular weight is 268 g/mol. The maximum absolute atomic E-state index is 12.5. The van der Waals surface area contributed by atoms with Gasteiger partial charge in [0.1, 0.15) is 0 Å². The zero-order valence-electron chi connectivity index (χ0n) is 12.4. The molecule has 0 heterocycles. The Balaban J connectivity index is 2.36. The molecule has 2 rings (SSSR count). The first-order valence-electron chi connectivity index (χ1n) is 6.62. The predicted molar refractivity (Wildman–Crippen MR) is 84.2 cm³/mol. The van der Waals surface area contributed by atoms with Gasteiger partial charge in [0.05, 0.1) is 0 Å². The Morgan fingerprint density at radius 2 is 1.55 bits per heavy atom. The van der Waals surface area contributed by atoms with Gasteiger partial charge in [0.25, 0.3) is 5.91 Å². The van der Waals surface area contributed by atoms with E-state index in [1.165, 1.54) is 11.1 Å². The molecule has 2 N–H and O–H groups in total. The van der Waals surface area contributed by atoms with E-state index in [4.69, 9.17) is 5.73 Å². The molecule has 0 aliphatic heterocycles. The number of aryl methyl sites for hydroxylation is 1. The molecular formula is C17H20N2O. The summed E-state index contributed by atoms with van der Waals surface area (Å²) in [4.78, 5) is 14.2. The van der Waals surface area contributed by atoms with E-state index < -0.39 is 0 Å². The number of nitrogens with two attached hydrogens (primary N) is 1. The highest BCUT2D eigenvalue weighted by atomic mass is 16.2. The van der Waals surface area contributed by atoms with Gasteiger partial charge in [-0.3, -0.25) is 4.79 Å². The quantitative estimate of drug-likeness (QED) is 0.848. The fourth-order valence-electron chi connectivity index (χ4n) is 2.23. The smallest absolute Gasteiger partial charge is 0.258 e. The molecule has 0 spiro atoms. The van der Waals surface area contributed by atoms with Crippen molar-refractivity contribution < 1.29 is 4.79 Å². The standard InChI is InChI=1S/C17H20N2O/c1-11-5-10-16(13(3)12(11)2)19(4)17(20)14-6-8-15(18)9-7-14/h5-10H,18H2,1-4H3. The summed E-state index contributed by atoms with van der Waals surface area (Å²) < 4.78 is 0. The second-order valence-corrected chi connectivity index (χ2v) is 5.14. The maximum atomic E-state index is 12.5. The predicted octanol–water partition coefficient (Wildman–Crippen LogP) is 3.47. The number of anilines is 2. The third-order valence-corrected chi connectivity index (χ3v) is 3.85. The van der Waals surface area contributed by atoms with Crippen LogP contribution in [0.3, 0.4) is 0 Å². The van der Waals surface area contributed by atoms with Crippen LogP contribution in [0.5, 0.6) is 0 Å². The molecule has 0 radical (unpaired) electrons. The first-order chi connectivity index (χ1) is 9.41. The van der Waals surface area contributed by atoms with Crippen molar-refractivity contribution in [2.75, 3.05) is 17.7 Å². The molecule has 20 heavy (non-hydrogen) atoms. The Morgan fingerprint density at radius 3 is 2.15 bits per heavy atom. The number of hydrogen-bond donors (Lipinski definition) is 1. The van der Waals surface area contributed by atoms with Gasteiger partial charge in [-0.15, -0.1) is 0 Å². The van der Waals surface area contributed by atoms with Gasteiger partial charge in [-0.25, -0.2) is 0 Å². The summed E-state index contributed by atoms with van der Waals surface area (Å²) in [6.07, 6.45) is 0. The number of rotatable bonds is 2. The van der Waals surface area contributed by atoms with Crippen LogP contribution in [-0.4, -0.2) is 13.0 Å². The molecule has 0 atom stereocenters. The summed E-state index contributed by atoms with van der Waals surface area (Å²) in [6.45, 7) is 6.20. The van der Waals surface area contributed by atoms with Crippen molar-refractivity contribution in [2.45, 2.75) is 20.8 Å². The number of benzene rings is 2. The van der Waals surface area contributed by atoms with Crippen LogP contribution < -0.4 is 10.6 Å². The van der Waals surface area contributed by atoms with Crippen molar-refractivity contribution >= 4 is 17.3 Å². The SMILES string of the molecule is Cc1ccc(N(C)C(=O)c2ccc(N)cc2)c(C)c1C. The van der Waals surface area contributed by atoms with Crippen molar-refractivity contribution in [1.29, 1.82) is 0 Å². The molecule has 3 heteroatoms. The Hall–Kier alpha value is -2.29. The van der Waals surface area contributed by atoms with Crippen LogP contribution in [0.2, 0.25) is 0 Å². The molecule has 0 aliphatic carbocycles. The van der Waals surface area contributed by atoms with Gasteiger partial charge in [-0.2, -0.15) is 0 Å². The van der Waals surface area contributed by atoms with Crippen LogP contribution in [0.15, 0.2) is 36.4 Å². The van der Waals surface area contributed by atoms with E-state index in [2.05, 4.69) is 13.8 Å². The minimum atomic E-state index is -0.0312. The number of hydrogen-bond acceptors (Lipinski definition) is 2. The van der Waals surface area contributed by atoms with Crippen LogP contribution >= 0.6 is 0 Å². The van der Waals surface area contributed by atoms with E-state index in [0.29, 0.717) is 11.3 Å². The lowest BCUT2D eigenvalue weighted by molar-refractivity contribution is 0.0993. The molecule has 2 aromatic carbocycles. The van der Waals surface area contributed by atoms with Crippen LogP contribution in [-0.2, 0) is 0 Å². The third kappa shape index (κ3) is 2.52. The summed E-state index contributed by atoms with van der Waals surface area (Å²) >= 11 is 0. The zero-order valence-corrected chi connectivity index (χ0v) is 12.4. The first kappa shape index (κ1) is 14.1. The van der Waals surface area contributed by atoms with Gasteiger partial charge < -0.3 is 10.6 Å². The largest absolute Gasteiger partial charge is 0.399 e. The van der Waals surface area contributed by atoms with E-state index in [1.54, 1.807) is 36.2 Å². The van der Waals surface area contributed by atoms with Crippen LogP contribution in [0, 0.1) is 20.8 Å². The van der Waals surface area contributed by atoms with Crippen molar-refractivity contribution in [3.8, 4) is 0 Å². The average Bonchev–Trinajstić information content (AvgIpc) is 2.44. The summed E-state index contributed by atoms with van der Waals surface area (Å²) in [5, 5.41) is 0. The van der Waals surface area contributed by atoms with Crippen molar-refractivity contribution in [3.05, 3.63) is 58.7 Å². The normalized spacial score (nSPS) is 10.4. The van der Waals surface area contributed by atoms with E-state index in [1.807, 2.05) is 19.1 Å². The minimum absolute atomic E-state index is 0.0312. The zero-order chi connectivity index (χ0) is 14.9. The highest BCUT2D eigenvalue weighted by molar-refractivity contribution is 6.06. The van der Waals surface area contributed by atoms with Crippen molar-refractivity contribution in [3.63, 3.8) is 0 Å². The lowest BCUT2D eigenvalue weighted by atomic mass is 10.0. The van der Waals surface area contributed by atoms with Crippen molar-refractivity contribution in [1.82, 2.24) is 0 Å². The number of carbonyl (C=O) groups is 1. The Bertz CT molecular complexity index is 645. The van der Waals surface area contributed by atoms with Crippen LogP contribution in [0.25, 0.3) is 0 Å². The van der Waals surface area contributed by atoms with Gasteiger partial charge in [-0.1, -0.05) is 6.07 Å². The molecule has 0 saturated carbocycles. The van der Waals surface area contributed by atoms with Crippen LogP contribution in [0.4, 0.5) is 11.4 Å². The molecule has 0 saturated heterocycles. The Labute approximate surface area is 120 Å². The highest BCUT2D eigenvalue weighted by Gasteiger charge is 2.16.